The number of carbonyl (C=O) groups is 1. The van der Waals surface area contributed by atoms with Crippen LogP contribution in [-0.4, -0.2) is 20.9 Å². The Morgan fingerprint density at radius 3 is 2.52 bits per heavy atom. The number of aryl methyl sites for hydroxylation is 1. The molecule has 21 heavy (non-hydrogen) atoms. The number of halogens is 1. The zero-order valence-electron chi connectivity index (χ0n) is 12.4. The second-order valence-corrected chi connectivity index (χ2v) is 6.97. The molecule has 0 saturated carbocycles. The molecule has 1 aromatic carbocycles. The number of primary sulfonamides is 1. The van der Waals surface area contributed by atoms with E-state index in [1.165, 1.54) is 13.0 Å². The molecule has 0 aliphatic carbocycles. The number of hydrogen-bond donors (Lipinski definition) is 2. The third-order valence-corrected chi connectivity index (χ3v) is 3.94. The Morgan fingerprint density at radius 2 is 2.00 bits per heavy atom. The molecular weight excluding hydrogens is 295 g/mol. The fourth-order valence-corrected chi connectivity index (χ4v) is 2.59. The van der Waals surface area contributed by atoms with Gasteiger partial charge < -0.3 is 5.32 Å². The number of sulfonamides is 1. The van der Waals surface area contributed by atoms with Gasteiger partial charge in [-0.3, -0.25) is 4.79 Å². The summed E-state index contributed by atoms with van der Waals surface area (Å²) in [6, 6.07) is 2.28. The summed E-state index contributed by atoms with van der Waals surface area (Å²) in [7, 11) is -4.20. The third-order valence-electron chi connectivity index (χ3n) is 3.03. The van der Waals surface area contributed by atoms with Crippen LogP contribution in [0.2, 0.25) is 0 Å². The number of benzene rings is 1. The predicted octanol–water partition coefficient (Wildman–Crippen LogP) is 1.95. The van der Waals surface area contributed by atoms with Crippen LogP contribution in [0, 0.1) is 18.7 Å². The van der Waals surface area contributed by atoms with Crippen molar-refractivity contribution in [2.24, 2.45) is 11.1 Å². The van der Waals surface area contributed by atoms with E-state index in [9.17, 15) is 17.6 Å². The number of nitrogens with one attached hydrogen (secondary N) is 1. The third kappa shape index (κ3) is 5.09. The Hall–Kier alpha value is -1.47. The van der Waals surface area contributed by atoms with Crippen molar-refractivity contribution in [2.75, 3.05) is 6.54 Å². The van der Waals surface area contributed by atoms with E-state index in [1.807, 2.05) is 0 Å². The van der Waals surface area contributed by atoms with E-state index >= 15 is 0 Å². The minimum absolute atomic E-state index is 0.0638. The van der Waals surface area contributed by atoms with E-state index in [2.05, 4.69) is 19.2 Å². The summed E-state index contributed by atoms with van der Waals surface area (Å²) in [4.78, 5) is 11.3. The van der Waals surface area contributed by atoms with Crippen molar-refractivity contribution in [3.05, 3.63) is 29.1 Å². The Labute approximate surface area is 124 Å². The molecule has 1 amide bonds. The molecule has 0 heterocycles. The summed E-state index contributed by atoms with van der Waals surface area (Å²) in [6.07, 6.45) is 1.80. The number of hydrogen-bond acceptors (Lipinski definition) is 3. The molecule has 1 rings (SSSR count). The minimum atomic E-state index is -4.20. The van der Waals surface area contributed by atoms with E-state index in [0.717, 1.165) is 18.9 Å². The zero-order chi connectivity index (χ0) is 16.2. The molecule has 0 spiro atoms. The Bertz CT molecular complexity index is 627. The molecule has 0 atom stereocenters. The molecular formula is C14H21FN2O3S. The topological polar surface area (TPSA) is 89.3 Å². The molecule has 0 unspecified atom stereocenters. The van der Waals surface area contributed by atoms with E-state index in [-0.39, 0.29) is 11.1 Å². The van der Waals surface area contributed by atoms with Crippen molar-refractivity contribution >= 4 is 15.9 Å². The van der Waals surface area contributed by atoms with Crippen molar-refractivity contribution < 1.29 is 17.6 Å². The summed E-state index contributed by atoms with van der Waals surface area (Å²) in [5.74, 6) is -0.815. The molecule has 0 radical (unpaired) electrons. The van der Waals surface area contributed by atoms with Crippen molar-refractivity contribution in [3.63, 3.8) is 0 Å². The molecule has 5 nitrogen and oxygen atoms in total. The Kier molecular flexibility index (Phi) is 5.86. The van der Waals surface area contributed by atoms with E-state index in [1.54, 1.807) is 0 Å². The maximum atomic E-state index is 13.7. The summed E-state index contributed by atoms with van der Waals surface area (Å²) < 4.78 is 36.4. The van der Waals surface area contributed by atoms with Gasteiger partial charge in [0, 0.05) is 12.1 Å². The molecule has 1 aromatic rings. The van der Waals surface area contributed by atoms with Gasteiger partial charge in [0.05, 0.1) is 0 Å². The molecule has 0 fully saturated rings. The molecule has 3 N–H and O–H groups in total. The predicted molar refractivity (Wildman–Crippen MR) is 78.9 cm³/mol. The van der Waals surface area contributed by atoms with Crippen LogP contribution in [0.3, 0.4) is 0 Å². The minimum Gasteiger partial charge on any atom is -0.352 e. The molecule has 0 bridgehead atoms. The Morgan fingerprint density at radius 1 is 1.38 bits per heavy atom. The van der Waals surface area contributed by atoms with Crippen LogP contribution in [0.1, 0.15) is 42.6 Å². The number of nitrogens with two attached hydrogens (primary N) is 1. The normalized spacial score (nSPS) is 11.7. The van der Waals surface area contributed by atoms with Gasteiger partial charge >= 0.3 is 0 Å². The largest absolute Gasteiger partial charge is 0.352 e. The van der Waals surface area contributed by atoms with E-state index < -0.39 is 26.6 Å². The highest BCUT2D eigenvalue weighted by atomic mass is 32.2. The van der Waals surface area contributed by atoms with Crippen molar-refractivity contribution in [1.29, 1.82) is 0 Å². The molecule has 7 heteroatoms. The highest BCUT2D eigenvalue weighted by Crippen LogP contribution is 2.19. The zero-order valence-corrected chi connectivity index (χ0v) is 13.3. The average molecular weight is 316 g/mol. The molecule has 0 saturated heterocycles. The molecule has 118 valence electrons. The van der Waals surface area contributed by atoms with Gasteiger partial charge in [0.2, 0.25) is 10.0 Å². The van der Waals surface area contributed by atoms with Crippen LogP contribution >= 0.6 is 0 Å². The van der Waals surface area contributed by atoms with Crippen LogP contribution < -0.4 is 10.5 Å². The standard InChI is InChI=1S/C14H21FN2O3S/c1-9(2)5-4-6-17-14(18)11-7-10(3)13(15)12(8-11)21(16,19)20/h7-9H,4-6H2,1-3H3,(H,17,18)(H2,16,19,20). The van der Waals surface area contributed by atoms with E-state index in [4.69, 9.17) is 5.14 Å². The molecule has 0 aliphatic rings. The van der Waals surface area contributed by atoms with Crippen LogP contribution in [0.25, 0.3) is 0 Å². The number of rotatable bonds is 6. The maximum Gasteiger partial charge on any atom is 0.251 e. The lowest BCUT2D eigenvalue weighted by Crippen LogP contribution is -2.25. The van der Waals surface area contributed by atoms with Crippen LogP contribution in [-0.2, 0) is 10.0 Å². The fraction of sp³-hybridized carbons (Fsp3) is 0.500. The SMILES string of the molecule is Cc1cc(C(=O)NCCCC(C)C)cc(S(N)(=O)=O)c1F. The monoisotopic (exact) mass is 316 g/mol. The van der Waals surface area contributed by atoms with Crippen LogP contribution in [0.4, 0.5) is 4.39 Å². The van der Waals surface area contributed by atoms with Gasteiger partial charge in [-0.15, -0.1) is 0 Å². The lowest BCUT2D eigenvalue weighted by atomic mass is 10.1. The van der Waals surface area contributed by atoms with Gasteiger partial charge in [-0.25, -0.2) is 17.9 Å². The van der Waals surface area contributed by atoms with Gasteiger partial charge in [-0.1, -0.05) is 13.8 Å². The summed E-state index contributed by atoms with van der Waals surface area (Å²) in [6.45, 7) is 6.05. The highest BCUT2D eigenvalue weighted by Gasteiger charge is 2.19. The van der Waals surface area contributed by atoms with Gasteiger partial charge in [0.25, 0.3) is 5.91 Å². The van der Waals surface area contributed by atoms with Crippen LogP contribution in [0.5, 0.6) is 0 Å². The fourth-order valence-electron chi connectivity index (χ4n) is 1.89. The first kappa shape index (κ1) is 17.6. The van der Waals surface area contributed by atoms with Gasteiger partial charge in [-0.2, -0.15) is 0 Å². The van der Waals surface area contributed by atoms with E-state index in [0.29, 0.717) is 12.5 Å². The maximum absolute atomic E-state index is 13.7. The second-order valence-electron chi connectivity index (χ2n) is 5.44. The van der Waals surface area contributed by atoms with Gasteiger partial charge in [-0.05, 0) is 43.4 Å². The van der Waals surface area contributed by atoms with Gasteiger partial charge in [0.15, 0.2) is 0 Å². The first-order valence-electron chi connectivity index (χ1n) is 6.74. The summed E-state index contributed by atoms with van der Waals surface area (Å²) in [5.41, 5.74) is 0.149. The number of carbonyl (C=O) groups excluding carboxylic acids is 1. The summed E-state index contributed by atoms with van der Waals surface area (Å²) >= 11 is 0. The van der Waals surface area contributed by atoms with Crippen LogP contribution in [0.15, 0.2) is 17.0 Å². The second kappa shape index (κ2) is 7.00. The smallest absolute Gasteiger partial charge is 0.251 e. The molecule has 0 aliphatic heterocycles. The lowest BCUT2D eigenvalue weighted by molar-refractivity contribution is 0.0952. The van der Waals surface area contributed by atoms with Crippen molar-refractivity contribution in [3.8, 4) is 0 Å². The van der Waals surface area contributed by atoms with Crippen molar-refractivity contribution in [1.82, 2.24) is 5.32 Å². The summed E-state index contributed by atoms with van der Waals surface area (Å²) in [5, 5.41) is 7.63. The Balaban J connectivity index is 2.89. The number of amides is 1. The molecule has 0 aromatic heterocycles. The quantitative estimate of drug-likeness (QED) is 0.786. The van der Waals surface area contributed by atoms with Crippen molar-refractivity contribution in [2.45, 2.75) is 38.5 Å². The first-order valence-corrected chi connectivity index (χ1v) is 8.28. The first-order chi connectivity index (χ1) is 9.62. The van der Waals surface area contributed by atoms with Gasteiger partial charge in [0.1, 0.15) is 10.7 Å². The highest BCUT2D eigenvalue weighted by molar-refractivity contribution is 7.89. The average Bonchev–Trinajstić information content (AvgIpc) is 2.35. The lowest BCUT2D eigenvalue weighted by Gasteiger charge is -2.10.